The van der Waals surface area contributed by atoms with E-state index in [1.807, 2.05) is 0 Å². The van der Waals surface area contributed by atoms with E-state index >= 15 is 0 Å². The minimum atomic E-state index is -0.0568. The third-order valence-electron chi connectivity index (χ3n) is 1.71. The summed E-state index contributed by atoms with van der Waals surface area (Å²) in [7, 11) is 0. The highest BCUT2D eigenvalue weighted by Gasteiger charge is 2.13. The molecule has 1 saturated heterocycles. The van der Waals surface area contributed by atoms with E-state index in [9.17, 15) is 0 Å². The van der Waals surface area contributed by atoms with E-state index < -0.39 is 0 Å². The largest absolute Gasteiger partial charge is 0.299 e. The van der Waals surface area contributed by atoms with Gasteiger partial charge in [0.25, 0.3) is 0 Å². The van der Waals surface area contributed by atoms with Gasteiger partial charge in [0.2, 0.25) is 0 Å². The van der Waals surface area contributed by atoms with Crippen molar-refractivity contribution in [3.63, 3.8) is 0 Å². The SMILES string of the molecule is CCN1CCNC([NH])C1. The van der Waals surface area contributed by atoms with Crippen molar-refractivity contribution in [3.05, 3.63) is 0 Å². The maximum atomic E-state index is 7.35. The van der Waals surface area contributed by atoms with Crippen LogP contribution < -0.4 is 11.1 Å². The van der Waals surface area contributed by atoms with E-state index in [1.54, 1.807) is 0 Å². The van der Waals surface area contributed by atoms with Crippen LogP contribution in [0.4, 0.5) is 0 Å². The lowest BCUT2D eigenvalue weighted by atomic mass is 10.3. The average Bonchev–Trinajstić information content (AvgIpc) is 1.88. The van der Waals surface area contributed by atoms with Gasteiger partial charge in [-0.3, -0.25) is 10.2 Å². The Labute approximate surface area is 56.2 Å². The molecule has 1 unspecified atom stereocenters. The number of hydrogen-bond acceptors (Lipinski definition) is 2. The summed E-state index contributed by atoms with van der Waals surface area (Å²) in [5.74, 6) is 0. The highest BCUT2D eigenvalue weighted by atomic mass is 15.2. The van der Waals surface area contributed by atoms with Gasteiger partial charge in [-0.1, -0.05) is 6.92 Å². The van der Waals surface area contributed by atoms with Gasteiger partial charge in [-0.2, -0.15) is 0 Å². The predicted octanol–water partition coefficient (Wildman–Crippen LogP) is -0.480. The molecule has 0 saturated carbocycles. The highest BCUT2D eigenvalue weighted by molar-refractivity contribution is 4.71. The summed E-state index contributed by atoms with van der Waals surface area (Å²) in [6, 6.07) is 0. The first-order valence-corrected chi connectivity index (χ1v) is 3.49. The van der Waals surface area contributed by atoms with E-state index in [0.29, 0.717) is 0 Å². The van der Waals surface area contributed by atoms with Crippen molar-refractivity contribution in [1.82, 2.24) is 16.0 Å². The van der Waals surface area contributed by atoms with Gasteiger partial charge in [-0.05, 0) is 6.54 Å². The standard InChI is InChI=1S/C6H14N3/c1-2-9-4-3-8-6(7)5-9/h6-8H,2-5H2,1H3. The van der Waals surface area contributed by atoms with Crippen molar-refractivity contribution in [2.75, 3.05) is 26.2 Å². The molecule has 0 amide bonds. The molecule has 0 aliphatic carbocycles. The van der Waals surface area contributed by atoms with Gasteiger partial charge in [-0.25, -0.2) is 5.73 Å². The fourth-order valence-electron chi connectivity index (χ4n) is 1.10. The van der Waals surface area contributed by atoms with Gasteiger partial charge in [0.05, 0.1) is 6.17 Å². The molecule has 1 heterocycles. The highest BCUT2D eigenvalue weighted by Crippen LogP contribution is 1.93. The third-order valence-corrected chi connectivity index (χ3v) is 1.71. The summed E-state index contributed by atoms with van der Waals surface area (Å²) in [4.78, 5) is 2.29. The zero-order valence-electron chi connectivity index (χ0n) is 5.85. The summed E-state index contributed by atoms with van der Waals surface area (Å²) in [5.41, 5.74) is 7.35. The Morgan fingerprint density at radius 3 is 3.00 bits per heavy atom. The van der Waals surface area contributed by atoms with Crippen LogP contribution in [0.1, 0.15) is 6.92 Å². The van der Waals surface area contributed by atoms with Gasteiger partial charge >= 0.3 is 0 Å². The number of nitrogens with one attached hydrogen (secondary N) is 2. The van der Waals surface area contributed by atoms with E-state index in [-0.39, 0.29) is 6.17 Å². The molecule has 1 atom stereocenters. The predicted molar refractivity (Wildman–Crippen MR) is 37.0 cm³/mol. The van der Waals surface area contributed by atoms with Crippen molar-refractivity contribution in [1.29, 1.82) is 0 Å². The van der Waals surface area contributed by atoms with Gasteiger partial charge in [0.1, 0.15) is 0 Å². The van der Waals surface area contributed by atoms with Crippen molar-refractivity contribution in [2.24, 2.45) is 0 Å². The fourth-order valence-corrected chi connectivity index (χ4v) is 1.10. The van der Waals surface area contributed by atoms with Crippen LogP contribution in [0, 0.1) is 0 Å². The summed E-state index contributed by atoms with van der Waals surface area (Å²) >= 11 is 0. The minimum absolute atomic E-state index is 0.0568. The quantitative estimate of drug-likeness (QED) is 0.518. The van der Waals surface area contributed by atoms with Gasteiger partial charge in [0, 0.05) is 19.6 Å². The van der Waals surface area contributed by atoms with E-state index in [2.05, 4.69) is 17.1 Å². The van der Waals surface area contributed by atoms with Crippen molar-refractivity contribution < 1.29 is 0 Å². The van der Waals surface area contributed by atoms with Crippen molar-refractivity contribution >= 4 is 0 Å². The smallest absolute Gasteiger partial charge is 0.0833 e. The first kappa shape index (κ1) is 6.99. The molecular formula is C6H14N3. The van der Waals surface area contributed by atoms with Gasteiger partial charge in [0.15, 0.2) is 0 Å². The molecule has 1 radical (unpaired) electrons. The Hall–Kier alpha value is -0.120. The molecule has 3 heteroatoms. The average molecular weight is 128 g/mol. The van der Waals surface area contributed by atoms with Crippen LogP contribution >= 0.6 is 0 Å². The topological polar surface area (TPSA) is 39.1 Å². The molecule has 1 rings (SSSR count). The zero-order chi connectivity index (χ0) is 6.69. The number of likely N-dealkylation sites (N-methyl/N-ethyl adjacent to an activating group) is 1. The molecular weight excluding hydrogens is 114 g/mol. The van der Waals surface area contributed by atoms with Crippen LogP contribution in [0.5, 0.6) is 0 Å². The normalized spacial score (nSPS) is 30.7. The first-order valence-electron chi connectivity index (χ1n) is 3.49. The molecule has 3 nitrogen and oxygen atoms in total. The van der Waals surface area contributed by atoms with E-state index in [0.717, 1.165) is 26.2 Å². The third kappa shape index (κ3) is 1.93. The van der Waals surface area contributed by atoms with E-state index in [1.165, 1.54) is 0 Å². The van der Waals surface area contributed by atoms with Crippen LogP contribution in [-0.4, -0.2) is 37.2 Å². The Bertz CT molecular complexity index is 84.4. The first-order chi connectivity index (χ1) is 4.33. The number of hydrogen-bond donors (Lipinski definition) is 1. The van der Waals surface area contributed by atoms with Crippen LogP contribution in [0.25, 0.3) is 0 Å². The molecule has 1 aliphatic rings. The van der Waals surface area contributed by atoms with Crippen LogP contribution in [0.15, 0.2) is 0 Å². The molecule has 0 spiro atoms. The molecule has 0 aromatic carbocycles. The lowest BCUT2D eigenvalue weighted by Gasteiger charge is -2.29. The molecule has 1 fully saturated rings. The van der Waals surface area contributed by atoms with Crippen LogP contribution in [-0.2, 0) is 0 Å². The Morgan fingerprint density at radius 2 is 2.56 bits per heavy atom. The van der Waals surface area contributed by atoms with Crippen molar-refractivity contribution in [2.45, 2.75) is 13.1 Å². The molecule has 9 heavy (non-hydrogen) atoms. The summed E-state index contributed by atoms with van der Waals surface area (Å²) in [5, 5.41) is 3.07. The number of piperazine rings is 1. The fraction of sp³-hybridized carbons (Fsp3) is 1.00. The Kier molecular flexibility index (Phi) is 2.45. The maximum Gasteiger partial charge on any atom is 0.0833 e. The lowest BCUT2D eigenvalue weighted by molar-refractivity contribution is 0.208. The van der Waals surface area contributed by atoms with E-state index in [4.69, 9.17) is 5.73 Å². The molecule has 0 aromatic heterocycles. The van der Waals surface area contributed by atoms with Gasteiger partial charge < -0.3 is 0 Å². The molecule has 2 N–H and O–H groups in total. The molecule has 0 aromatic rings. The molecule has 0 bridgehead atoms. The monoisotopic (exact) mass is 128 g/mol. The second kappa shape index (κ2) is 3.15. The number of nitrogens with zero attached hydrogens (tertiary/aromatic N) is 1. The lowest BCUT2D eigenvalue weighted by Crippen LogP contribution is -2.51. The summed E-state index contributed by atoms with van der Waals surface area (Å²) in [6.07, 6.45) is -0.0568. The summed E-state index contributed by atoms with van der Waals surface area (Å²) in [6.45, 7) is 6.18. The molecule has 1 aliphatic heterocycles. The van der Waals surface area contributed by atoms with Crippen LogP contribution in [0.2, 0.25) is 0 Å². The number of rotatable bonds is 1. The van der Waals surface area contributed by atoms with Crippen LogP contribution in [0.3, 0.4) is 0 Å². The van der Waals surface area contributed by atoms with Gasteiger partial charge in [-0.15, -0.1) is 0 Å². The second-order valence-corrected chi connectivity index (χ2v) is 2.40. The van der Waals surface area contributed by atoms with Crippen molar-refractivity contribution in [3.8, 4) is 0 Å². The molecule has 53 valence electrons. The zero-order valence-corrected chi connectivity index (χ0v) is 5.85. The Morgan fingerprint density at radius 1 is 1.78 bits per heavy atom. The summed E-state index contributed by atoms with van der Waals surface area (Å²) < 4.78 is 0. The Balaban J connectivity index is 2.23. The maximum absolute atomic E-state index is 7.35. The second-order valence-electron chi connectivity index (χ2n) is 2.40. The minimum Gasteiger partial charge on any atom is -0.299 e.